The van der Waals surface area contributed by atoms with Crippen LogP contribution >= 0.6 is 11.3 Å². The van der Waals surface area contributed by atoms with E-state index in [0.29, 0.717) is 22.1 Å². The zero-order chi connectivity index (χ0) is 20.1. The number of thiophene rings is 1. The Hall–Kier alpha value is -2.80. The van der Waals surface area contributed by atoms with E-state index in [1.165, 1.54) is 17.4 Å². The van der Waals surface area contributed by atoms with E-state index in [9.17, 15) is 9.59 Å². The molecule has 0 atom stereocenters. The molecule has 3 N–H and O–H groups in total. The SMILES string of the molecule is COc1ccc(/C=C/C(=O)Nc2sc3c(c2C(N)=O)CCCCC3)c(OC)c1. The summed E-state index contributed by atoms with van der Waals surface area (Å²) in [6.07, 6.45) is 8.11. The van der Waals surface area contributed by atoms with Gasteiger partial charge in [0.05, 0.1) is 19.8 Å². The smallest absolute Gasteiger partial charge is 0.251 e. The largest absolute Gasteiger partial charge is 0.497 e. The Balaban J connectivity index is 1.80. The lowest BCUT2D eigenvalue weighted by Gasteiger charge is -2.07. The summed E-state index contributed by atoms with van der Waals surface area (Å²) >= 11 is 1.46. The lowest BCUT2D eigenvalue weighted by atomic mass is 10.1. The summed E-state index contributed by atoms with van der Waals surface area (Å²) in [6.45, 7) is 0. The summed E-state index contributed by atoms with van der Waals surface area (Å²) in [4.78, 5) is 25.6. The summed E-state index contributed by atoms with van der Waals surface area (Å²) in [7, 11) is 3.14. The van der Waals surface area contributed by atoms with Crippen LogP contribution in [0.25, 0.3) is 6.08 Å². The van der Waals surface area contributed by atoms with Gasteiger partial charge >= 0.3 is 0 Å². The summed E-state index contributed by atoms with van der Waals surface area (Å²) in [5, 5.41) is 3.36. The summed E-state index contributed by atoms with van der Waals surface area (Å²) < 4.78 is 10.5. The molecule has 0 spiro atoms. The molecule has 1 aliphatic rings. The van der Waals surface area contributed by atoms with Gasteiger partial charge in [-0.3, -0.25) is 9.59 Å². The second-order valence-electron chi connectivity index (χ2n) is 6.56. The number of nitrogens with two attached hydrogens (primary N) is 1. The van der Waals surface area contributed by atoms with Crippen molar-refractivity contribution in [2.45, 2.75) is 32.1 Å². The Morgan fingerprint density at radius 1 is 1.14 bits per heavy atom. The summed E-state index contributed by atoms with van der Waals surface area (Å²) in [5.74, 6) is 0.459. The highest BCUT2D eigenvalue weighted by Crippen LogP contribution is 2.37. The van der Waals surface area contributed by atoms with E-state index in [1.54, 1.807) is 32.4 Å². The molecule has 7 heteroatoms. The van der Waals surface area contributed by atoms with Crippen molar-refractivity contribution in [3.05, 3.63) is 45.8 Å². The normalized spacial score (nSPS) is 13.6. The van der Waals surface area contributed by atoms with Crippen molar-refractivity contribution in [1.29, 1.82) is 0 Å². The fourth-order valence-electron chi connectivity index (χ4n) is 3.37. The number of rotatable bonds is 6. The molecule has 0 aliphatic heterocycles. The van der Waals surface area contributed by atoms with E-state index in [0.717, 1.165) is 48.1 Å². The maximum Gasteiger partial charge on any atom is 0.251 e. The van der Waals surface area contributed by atoms with Gasteiger partial charge in [-0.25, -0.2) is 0 Å². The average Bonchev–Trinajstić information content (AvgIpc) is 2.86. The Morgan fingerprint density at radius 3 is 2.64 bits per heavy atom. The molecule has 0 bridgehead atoms. The third kappa shape index (κ3) is 4.36. The molecule has 1 aromatic carbocycles. The molecule has 1 heterocycles. The lowest BCUT2D eigenvalue weighted by molar-refractivity contribution is -0.111. The average molecular weight is 401 g/mol. The van der Waals surface area contributed by atoms with Crippen LogP contribution in [0.1, 0.15) is 45.6 Å². The number of aryl methyl sites for hydroxylation is 1. The Bertz CT molecular complexity index is 917. The first kappa shape index (κ1) is 19.9. The molecule has 2 amide bonds. The van der Waals surface area contributed by atoms with E-state index in [1.807, 2.05) is 6.07 Å². The molecule has 0 unspecified atom stereocenters. The molecule has 28 heavy (non-hydrogen) atoms. The van der Waals surface area contributed by atoms with Crippen LogP contribution in [0.3, 0.4) is 0 Å². The fraction of sp³-hybridized carbons (Fsp3) is 0.333. The van der Waals surface area contributed by atoms with E-state index in [4.69, 9.17) is 15.2 Å². The quantitative estimate of drug-likeness (QED) is 0.570. The van der Waals surface area contributed by atoms with Crippen molar-refractivity contribution in [2.75, 3.05) is 19.5 Å². The van der Waals surface area contributed by atoms with Crippen molar-refractivity contribution in [1.82, 2.24) is 0 Å². The zero-order valence-corrected chi connectivity index (χ0v) is 16.9. The van der Waals surface area contributed by atoms with E-state index in [-0.39, 0.29) is 5.91 Å². The Morgan fingerprint density at radius 2 is 1.93 bits per heavy atom. The first-order valence-corrected chi connectivity index (χ1v) is 10.0. The molecular weight excluding hydrogens is 376 g/mol. The van der Waals surface area contributed by atoms with Gasteiger partial charge in [0, 0.05) is 22.6 Å². The number of hydrogen-bond acceptors (Lipinski definition) is 5. The van der Waals surface area contributed by atoms with Crippen molar-refractivity contribution >= 4 is 34.2 Å². The number of amides is 2. The third-order valence-corrected chi connectivity index (χ3v) is 5.97. The molecule has 2 aromatic rings. The van der Waals surface area contributed by atoms with Crippen LogP contribution in [0.5, 0.6) is 11.5 Å². The van der Waals surface area contributed by atoms with Crippen molar-refractivity contribution in [3.63, 3.8) is 0 Å². The van der Waals surface area contributed by atoms with Crippen LogP contribution in [0.4, 0.5) is 5.00 Å². The molecule has 1 aromatic heterocycles. The third-order valence-electron chi connectivity index (χ3n) is 4.76. The molecule has 0 fully saturated rings. The van der Waals surface area contributed by atoms with Crippen LogP contribution in [0, 0.1) is 0 Å². The molecule has 0 saturated heterocycles. The number of carbonyl (C=O) groups excluding carboxylic acids is 2. The monoisotopic (exact) mass is 400 g/mol. The van der Waals surface area contributed by atoms with E-state index >= 15 is 0 Å². The number of methoxy groups -OCH3 is 2. The predicted molar refractivity (Wildman–Crippen MR) is 111 cm³/mol. The number of anilines is 1. The van der Waals surface area contributed by atoms with E-state index in [2.05, 4.69) is 5.32 Å². The van der Waals surface area contributed by atoms with Gasteiger partial charge in [-0.15, -0.1) is 11.3 Å². The highest BCUT2D eigenvalue weighted by Gasteiger charge is 2.23. The molecular formula is C21H24N2O4S. The maximum atomic E-state index is 12.5. The zero-order valence-electron chi connectivity index (χ0n) is 16.0. The van der Waals surface area contributed by atoms with Gasteiger partial charge in [0.15, 0.2) is 0 Å². The van der Waals surface area contributed by atoms with Crippen LogP contribution < -0.4 is 20.5 Å². The van der Waals surface area contributed by atoms with Crippen LogP contribution in [-0.2, 0) is 17.6 Å². The number of primary amides is 1. The molecule has 0 radical (unpaired) electrons. The van der Waals surface area contributed by atoms with Crippen molar-refractivity contribution in [2.24, 2.45) is 5.73 Å². The first-order chi connectivity index (χ1) is 13.5. The second-order valence-corrected chi connectivity index (χ2v) is 7.67. The van der Waals surface area contributed by atoms with Gasteiger partial charge in [-0.05, 0) is 49.5 Å². The van der Waals surface area contributed by atoms with Gasteiger partial charge in [0.2, 0.25) is 5.91 Å². The minimum atomic E-state index is -0.490. The lowest BCUT2D eigenvalue weighted by Crippen LogP contribution is -2.16. The number of fused-ring (bicyclic) bond motifs is 1. The number of nitrogens with one attached hydrogen (secondary N) is 1. The van der Waals surface area contributed by atoms with Crippen molar-refractivity contribution in [3.8, 4) is 11.5 Å². The summed E-state index contributed by atoms with van der Waals surface area (Å²) in [6, 6.07) is 5.35. The highest BCUT2D eigenvalue weighted by molar-refractivity contribution is 7.17. The van der Waals surface area contributed by atoms with Crippen LogP contribution in [0.2, 0.25) is 0 Å². The summed E-state index contributed by atoms with van der Waals surface area (Å²) in [5.41, 5.74) is 7.83. The standard InChI is InChI=1S/C21H24N2O4S/c1-26-14-10-8-13(16(12-14)27-2)9-11-18(24)23-21-19(20(22)25)15-6-4-3-5-7-17(15)28-21/h8-12H,3-7H2,1-2H3,(H2,22,25)(H,23,24)/b11-9+. The molecule has 0 saturated carbocycles. The van der Waals surface area contributed by atoms with Gasteiger partial charge in [-0.1, -0.05) is 6.42 Å². The second kappa shape index (κ2) is 8.93. The number of carbonyl (C=O) groups is 2. The Labute approximate surface area is 168 Å². The maximum absolute atomic E-state index is 12.5. The number of hydrogen-bond donors (Lipinski definition) is 2. The molecule has 3 rings (SSSR count). The minimum absolute atomic E-state index is 0.322. The van der Waals surface area contributed by atoms with Gasteiger partial charge < -0.3 is 20.5 Å². The van der Waals surface area contributed by atoms with Crippen LogP contribution in [0.15, 0.2) is 24.3 Å². The minimum Gasteiger partial charge on any atom is -0.497 e. The molecule has 6 nitrogen and oxygen atoms in total. The Kier molecular flexibility index (Phi) is 6.36. The molecule has 148 valence electrons. The first-order valence-electron chi connectivity index (χ1n) is 9.19. The van der Waals surface area contributed by atoms with Gasteiger partial charge in [-0.2, -0.15) is 0 Å². The van der Waals surface area contributed by atoms with Crippen molar-refractivity contribution < 1.29 is 19.1 Å². The van der Waals surface area contributed by atoms with Gasteiger partial charge in [0.1, 0.15) is 16.5 Å². The van der Waals surface area contributed by atoms with Gasteiger partial charge in [0.25, 0.3) is 5.91 Å². The van der Waals surface area contributed by atoms with E-state index < -0.39 is 5.91 Å². The fourth-order valence-corrected chi connectivity index (χ4v) is 4.66. The molecule has 1 aliphatic carbocycles. The highest BCUT2D eigenvalue weighted by atomic mass is 32.1. The number of benzene rings is 1. The van der Waals surface area contributed by atoms with Crippen LogP contribution in [-0.4, -0.2) is 26.0 Å². The topological polar surface area (TPSA) is 90.6 Å². The number of ether oxygens (including phenoxy) is 2. The predicted octanol–water partition coefficient (Wildman–Crippen LogP) is 3.79.